The van der Waals surface area contributed by atoms with Crippen LogP contribution in [0.15, 0.2) is 52.9 Å². The molecule has 0 bridgehead atoms. The molecule has 0 atom stereocenters. The van der Waals surface area contributed by atoms with Crippen molar-refractivity contribution < 1.29 is 9.59 Å². The summed E-state index contributed by atoms with van der Waals surface area (Å²) in [6, 6.07) is 13.6. The van der Waals surface area contributed by atoms with Gasteiger partial charge in [0.2, 0.25) is 0 Å². The number of amides is 2. The van der Waals surface area contributed by atoms with Crippen LogP contribution in [0.5, 0.6) is 0 Å². The van der Waals surface area contributed by atoms with Crippen LogP contribution in [-0.2, 0) is 4.79 Å². The zero-order valence-electron chi connectivity index (χ0n) is 19.6. The maximum absolute atomic E-state index is 12.6. The van der Waals surface area contributed by atoms with Crippen LogP contribution >= 0.6 is 11.3 Å². The fourth-order valence-electron chi connectivity index (χ4n) is 3.62. The Morgan fingerprint density at radius 1 is 1.06 bits per heavy atom. The van der Waals surface area contributed by atoms with Crippen molar-refractivity contribution in [1.29, 1.82) is 0 Å². The molecule has 0 aliphatic heterocycles. The van der Waals surface area contributed by atoms with Crippen molar-refractivity contribution in [2.75, 3.05) is 36.4 Å². The van der Waals surface area contributed by atoms with E-state index in [1.165, 1.54) is 4.70 Å². The standard InChI is InChI=1S/C25H31N5O2S/c1-5-26-21-14-18(12-13-22(21)30(6-2)7-3)25(32)27-15-24(31)29-28-17(4)20-16-33-23-11-9-8-10-19(20)23/h8-14,16,26H,5-7,15H2,1-4H3,(H,27,32)(H,29,31). The van der Waals surface area contributed by atoms with Gasteiger partial charge in [-0.05, 0) is 52.0 Å². The molecule has 0 spiro atoms. The third-order valence-corrected chi connectivity index (χ3v) is 6.32. The van der Waals surface area contributed by atoms with Gasteiger partial charge in [0.05, 0.1) is 23.6 Å². The second-order valence-corrected chi connectivity index (χ2v) is 8.41. The largest absolute Gasteiger partial charge is 0.384 e. The topological polar surface area (TPSA) is 85.8 Å². The van der Waals surface area contributed by atoms with E-state index in [4.69, 9.17) is 0 Å². The quantitative estimate of drug-likeness (QED) is 0.305. The minimum Gasteiger partial charge on any atom is -0.384 e. The molecule has 8 heteroatoms. The summed E-state index contributed by atoms with van der Waals surface area (Å²) in [6.45, 7) is 10.4. The number of rotatable bonds is 10. The van der Waals surface area contributed by atoms with Crippen molar-refractivity contribution >= 4 is 50.3 Å². The van der Waals surface area contributed by atoms with Gasteiger partial charge in [-0.25, -0.2) is 5.43 Å². The van der Waals surface area contributed by atoms with E-state index >= 15 is 0 Å². The van der Waals surface area contributed by atoms with Crippen LogP contribution < -0.4 is 21.0 Å². The summed E-state index contributed by atoms with van der Waals surface area (Å²) in [5.74, 6) is -0.686. The van der Waals surface area contributed by atoms with Gasteiger partial charge in [-0.2, -0.15) is 5.10 Å². The lowest BCUT2D eigenvalue weighted by molar-refractivity contribution is -0.120. The zero-order chi connectivity index (χ0) is 23.8. The van der Waals surface area contributed by atoms with E-state index < -0.39 is 0 Å². The molecule has 0 aliphatic carbocycles. The van der Waals surface area contributed by atoms with E-state index in [0.717, 1.165) is 47.7 Å². The Hall–Kier alpha value is -3.39. The first kappa shape index (κ1) is 24.3. The number of thiophene rings is 1. The molecule has 2 aromatic carbocycles. The van der Waals surface area contributed by atoms with Crippen molar-refractivity contribution in [2.24, 2.45) is 5.10 Å². The Kier molecular flexibility index (Phi) is 8.43. The molecule has 1 heterocycles. The van der Waals surface area contributed by atoms with Crippen LogP contribution in [0, 0.1) is 0 Å². The second-order valence-electron chi connectivity index (χ2n) is 7.49. The average Bonchev–Trinajstić information content (AvgIpc) is 3.27. The predicted molar refractivity (Wildman–Crippen MR) is 139 cm³/mol. The molecule has 0 unspecified atom stereocenters. The number of nitrogens with zero attached hydrogens (tertiary/aromatic N) is 2. The highest BCUT2D eigenvalue weighted by molar-refractivity contribution is 7.17. The van der Waals surface area contributed by atoms with Crippen molar-refractivity contribution in [3.05, 3.63) is 59.0 Å². The molecule has 0 fully saturated rings. The summed E-state index contributed by atoms with van der Waals surface area (Å²) in [5, 5.41) is 13.3. The van der Waals surface area contributed by atoms with Gasteiger partial charge >= 0.3 is 0 Å². The number of hydrogen-bond acceptors (Lipinski definition) is 6. The summed E-state index contributed by atoms with van der Waals surface area (Å²) in [7, 11) is 0. The van der Waals surface area contributed by atoms with Crippen LogP contribution in [0.1, 0.15) is 43.6 Å². The molecule has 0 saturated carbocycles. The van der Waals surface area contributed by atoms with E-state index in [0.29, 0.717) is 5.56 Å². The molecule has 2 amide bonds. The molecule has 0 radical (unpaired) electrons. The number of hydrogen-bond donors (Lipinski definition) is 3. The molecular weight excluding hydrogens is 434 g/mol. The number of carbonyl (C=O) groups excluding carboxylic acids is 2. The molecule has 0 aliphatic rings. The maximum Gasteiger partial charge on any atom is 0.259 e. The third kappa shape index (κ3) is 5.90. The molecular formula is C25H31N5O2S. The fraction of sp³-hybridized carbons (Fsp3) is 0.320. The molecule has 174 valence electrons. The third-order valence-electron chi connectivity index (χ3n) is 5.36. The second kappa shape index (κ2) is 11.5. The Morgan fingerprint density at radius 2 is 1.82 bits per heavy atom. The summed E-state index contributed by atoms with van der Waals surface area (Å²) in [4.78, 5) is 27.1. The monoisotopic (exact) mass is 465 g/mol. The molecule has 1 aromatic heterocycles. The molecule has 33 heavy (non-hydrogen) atoms. The first-order valence-corrected chi connectivity index (χ1v) is 12.1. The fourth-order valence-corrected chi connectivity index (χ4v) is 4.62. The van der Waals surface area contributed by atoms with Gasteiger partial charge in [-0.15, -0.1) is 11.3 Å². The normalized spacial score (nSPS) is 11.3. The smallest absolute Gasteiger partial charge is 0.259 e. The van der Waals surface area contributed by atoms with Crippen LogP contribution in [0.25, 0.3) is 10.1 Å². The first-order valence-electron chi connectivity index (χ1n) is 11.2. The van der Waals surface area contributed by atoms with Gasteiger partial charge in [-0.3, -0.25) is 9.59 Å². The van der Waals surface area contributed by atoms with Gasteiger partial charge in [0, 0.05) is 46.2 Å². The zero-order valence-corrected chi connectivity index (χ0v) is 20.4. The SMILES string of the molecule is CCNc1cc(C(=O)NCC(=O)NN=C(C)c2csc3ccccc23)ccc1N(CC)CC. The Balaban J connectivity index is 1.61. The average molecular weight is 466 g/mol. The van der Waals surface area contributed by atoms with Gasteiger partial charge in [-0.1, -0.05) is 18.2 Å². The minimum atomic E-state index is -0.381. The van der Waals surface area contributed by atoms with E-state index in [2.05, 4.69) is 46.0 Å². The lowest BCUT2D eigenvalue weighted by Gasteiger charge is -2.25. The van der Waals surface area contributed by atoms with Crippen molar-refractivity contribution in [3.8, 4) is 0 Å². The molecule has 3 rings (SSSR count). The first-order chi connectivity index (χ1) is 16.0. The number of hydrazone groups is 1. The highest BCUT2D eigenvalue weighted by atomic mass is 32.1. The molecule has 0 saturated heterocycles. The number of anilines is 2. The van der Waals surface area contributed by atoms with E-state index in [1.807, 2.05) is 49.6 Å². The van der Waals surface area contributed by atoms with E-state index in [1.54, 1.807) is 17.4 Å². The highest BCUT2D eigenvalue weighted by Gasteiger charge is 2.14. The van der Waals surface area contributed by atoms with Crippen molar-refractivity contribution in [2.45, 2.75) is 27.7 Å². The number of benzene rings is 2. The van der Waals surface area contributed by atoms with Gasteiger partial charge in [0.1, 0.15) is 0 Å². The Bertz CT molecular complexity index is 1150. The van der Waals surface area contributed by atoms with Gasteiger partial charge in [0.25, 0.3) is 11.8 Å². The van der Waals surface area contributed by atoms with Gasteiger partial charge < -0.3 is 15.5 Å². The van der Waals surface area contributed by atoms with Crippen LogP contribution in [0.2, 0.25) is 0 Å². The number of nitrogens with one attached hydrogen (secondary N) is 3. The lowest BCUT2D eigenvalue weighted by Crippen LogP contribution is -2.35. The predicted octanol–water partition coefficient (Wildman–Crippen LogP) is 4.45. The number of fused-ring (bicyclic) bond motifs is 1. The van der Waals surface area contributed by atoms with Crippen molar-refractivity contribution in [3.63, 3.8) is 0 Å². The lowest BCUT2D eigenvalue weighted by atomic mass is 10.1. The van der Waals surface area contributed by atoms with Crippen LogP contribution in [0.4, 0.5) is 11.4 Å². The van der Waals surface area contributed by atoms with Crippen LogP contribution in [-0.4, -0.2) is 43.7 Å². The maximum atomic E-state index is 12.6. The van der Waals surface area contributed by atoms with Gasteiger partial charge in [0.15, 0.2) is 0 Å². The molecule has 3 aromatic rings. The van der Waals surface area contributed by atoms with E-state index in [9.17, 15) is 9.59 Å². The molecule has 7 nitrogen and oxygen atoms in total. The number of carbonyl (C=O) groups is 2. The van der Waals surface area contributed by atoms with Crippen molar-refractivity contribution in [1.82, 2.24) is 10.7 Å². The summed E-state index contributed by atoms with van der Waals surface area (Å²) in [5.41, 5.74) is 6.70. The summed E-state index contributed by atoms with van der Waals surface area (Å²) < 4.78 is 1.17. The summed E-state index contributed by atoms with van der Waals surface area (Å²) in [6.07, 6.45) is 0. The highest BCUT2D eigenvalue weighted by Crippen LogP contribution is 2.27. The molecule has 3 N–H and O–H groups in total. The Labute approximate surface area is 198 Å². The van der Waals surface area contributed by atoms with E-state index in [-0.39, 0.29) is 18.4 Å². The van der Waals surface area contributed by atoms with Crippen LogP contribution in [0.3, 0.4) is 0 Å². The minimum absolute atomic E-state index is 0.158. The summed E-state index contributed by atoms with van der Waals surface area (Å²) >= 11 is 1.64. The Morgan fingerprint density at radius 3 is 2.55 bits per heavy atom.